The Morgan fingerprint density at radius 1 is 1.42 bits per heavy atom. The predicted octanol–water partition coefficient (Wildman–Crippen LogP) is 0.438. The van der Waals surface area contributed by atoms with Gasteiger partial charge in [-0.15, -0.1) is 11.6 Å². The Hall–Kier alpha value is -0.280. The molecular weight excluding hydrogens is 176 g/mol. The molecule has 0 heterocycles. The molecule has 1 amide bonds. The van der Waals surface area contributed by atoms with Crippen molar-refractivity contribution in [2.45, 2.75) is 6.42 Å². The second-order valence-electron chi connectivity index (χ2n) is 3.85. The molecule has 0 fully saturated rings. The monoisotopic (exact) mass is 193 g/mol. The molecule has 0 aliphatic carbocycles. The maximum atomic E-state index is 10.7. The molecule has 0 aliphatic rings. The molecule has 0 unspecified atom stereocenters. The Morgan fingerprint density at radius 3 is 2.42 bits per heavy atom. The topological polar surface area (TPSA) is 29.1 Å². The Bertz CT molecular complexity index is 142. The summed E-state index contributed by atoms with van der Waals surface area (Å²) < 4.78 is 0.927. The highest BCUT2D eigenvalue weighted by Gasteiger charge is 2.05. The summed E-state index contributed by atoms with van der Waals surface area (Å²) in [7, 11) is 6.39. The zero-order chi connectivity index (χ0) is 9.61. The van der Waals surface area contributed by atoms with Crippen molar-refractivity contribution in [1.82, 2.24) is 5.32 Å². The fourth-order valence-corrected chi connectivity index (χ4v) is 0.923. The molecule has 0 aromatic heterocycles. The first-order chi connectivity index (χ1) is 5.45. The SMILES string of the molecule is C[N+](C)(C)CCCNC(=O)CCl. The van der Waals surface area contributed by atoms with Crippen LogP contribution in [0.2, 0.25) is 0 Å². The van der Waals surface area contributed by atoms with Crippen LogP contribution < -0.4 is 5.32 Å². The van der Waals surface area contributed by atoms with Gasteiger partial charge in [0.25, 0.3) is 0 Å². The van der Waals surface area contributed by atoms with Gasteiger partial charge in [-0.25, -0.2) is 0 Å². The number of nitrogens with one attached hydrogen (secondary N) is 1. The molecule has 0 radical (unpaired) electrons. The molecular formula is C8H18ClN2O+. The van der Waals surface area contributed by atoms with Crippen LogP contribution in [0.3, 0.4) is 0 Å². The average Bonchev–Trinajstić information content (AvgIpc) is 1.96. The van der Waals surface area contributed by atoms with E-state index < -0.39 is 0 Å². The first-order valence-corrected chi connectivity index (χ1v) is 4.62. The zero-order valence-electron chi connectivity index (χ0n) is 8.06. The number of quaternary nitrogens is 1. The van der Waals surface area contributed by atoms with Crippen molar-refractivity contribution in [3.05, 3.63) is 0 Å². The first kappa shape index (κ1) is 11.7. The summed E-state index contributed by atoms with van der Waals surface area (Å²) in [6.45, 7) is 1.78. The van der Waals surface area contributed by atoms with Crippen molar-refractivity contribution in [3.63, 3.8) is 0 Å². The fraction of sp³-hybridized carbons (Fsp3) is 0.875. The second-order valence-corrected chi connectivity index (χ2v) is 4.12. The predicted molar refractivity (Wildman–Crippen MR) is 51.2 cm³/mol. The van der Waals surface area contributed by atoms with E-state index in [1.165, 1.54) is 0 Å². The van der Waals surface area contributed by atoms with E-state index in [0.717, 1.165) is 24.0 Å². The van der Waals surface area contributed by atoms with Gasteiger partial charge in [-0.3, -0.25) is 4.79 Å². The third kappa shape index (κ3) is 7.82. The van der Waals surface area contributed by atoms with Gasteiger partial charge < -0.3 is 9.80 Å². The molecule has 0 aromatic rings. The van der Waals surface area contributed by atoms with Crippen molar-refractivity contribution >= 4 is 17.5 Å². The summed E-state index contributed by atoms with van der Waals surface area (Å²) in [6, 6.07) is 0. The van der Waals surface area contributed by atoms with E-state index in [9.17, 15) is 4.79 Å². The second kappa shape index (κ2) is 5.38. The molecule has 1 N–H and O–H groups in total. The Labute approximate surface area is 79.3 Å². The van der Waals surface area contributed by atoms with Crippen LogP contribution in [0.25, 0.3) is 0 Å². The van der Waals surface area contributed by atoms with Crippen LogP contribution >= 0.6 is 11.6 Å². The lowest BCUT2D eigenvalue weighted by atomic mass is 10.3. The first-order valence-electron chi connectivity index (χ1n) is 4.09. The summed E-state index contributed by atoms with van der Waals surface area (Å²) in [5.41, 5.74) is 0. The quantitative estimate of drug-likeness (QED) is 0.383. The number of hydrogen-bond acceptors (Lipinski definition) is 1. The van der Waals surface area contributed by atoms with E-state index in [0.29, 0.717) is 0 Å². The highest BCUT2D eigenvalue weighted by Crippen LogP contribution is 1.91. The number of carbonyl (C=O) groups is 1. The number of carbonyl (C=O) groups excluding carboxylic acids is 1. The van der Waals surface area contributed by atoms with Gasteiger partial charge in [-0.1, -0.05) is 0 Å². The number of alkyl halides is 1. The highest BCUT2D eigenvalue weighted by molar-refractivity contribution is 6.27. The van der Waals surface area contributed by atoms with Crippen LogP contribution in [0, 0.1) is 0 Å². The van der Waals surface area contributed by atoms with Gasteiger partial charge in [-0.05, 0) is 0 Å². The normalized spacial score (nSPS) is 11.3. The van der Waals surface area contributed by atoms with Crippen LogP contribution in [0.4, 0.5) is 0 Å². The van der Waals surface area contributed by atoms with Crippen molar-refractivity contribution in [2.75, 3.05) is 40.1 Å². The number of nitrogens with zero attached hydrogens (tertiary/aromatic N) is 1. The minimum Gasteiger partial charge on any atom is -0.355 e. The summed E-state index contributed by atoms with van der Waals surface area (Å²) in [4.78, 5) is 10.7. The molecule has 0 aliphatic heterocycles. The molecule has 0 rings (SSSR count). The van der Waals surface area contributed by atoms with Crippen LogP contribution in [-0.2, 0) is 4.79 Å². The van der Waals surface area contributed by atoms with E-state index in [2.05, 4.69) is 26.5 Å². The Morgan fingerprint density at radius 2 is 2.00 bits per heavy atom. The minimum atomic E-state index is -0.0851. The lowest BCUT2D eigenvalue weighted by Crippen LogP contribution is -2.37. The molecule has 0 saturated carbocycles. The molecule has 0 aromatic carbocycles. The summed E-state index contributed by atoms with van der Waals surface area (Å²) in [5, 5.41) is 2.72. The van der Waals surface area contributed by atoms with Crippen molar-refractivity contribution in [3.8, 4) is 0 Å². The summed E-state index contributed by atoms with van der Waals surface area (Å²) in [6.07, 6.45) is 0.992. The third-order valence-corrected chi connectivity index (χ3v) is 1.69. The number of halogens is 1. The molecule has 0 saturated heterocycles. The lowest BCUT2D eigenvalue weighted by molar-refractivity contribution is -0.870. The van der Waals surface area contributed by atoms with Gasteiger partial charge in [0, 0.05) is 13.0 Å². The summed E-state index contributed by atoms with van der Waals surface area (Å²) >= 11 is 5.30. The zero-order valence-corrected chi connectivity index (χ0v) is 8.82. The van der Waals surface area contributed by atoms with Gasteiger partial charge in [-0.2, -0.15) is 0 Å². The molecule has 4 heteroatoms. The van der Waals surface area contributed by atoms with Crippen LogP contribution in [0.15, 0.2) is 0 Å². The highest BCUT2D eigenvalue weighted by atomic mass is 35.5. The van der Waals surface area contributed by atoms with Gasteiger partial charge >= 0.3 is 0 Å². The third-order valence-electron chi connectivity index (χ3n) is 1.45. The van der Waals surface area contributed by atoms with Gasteiger partial charge in [0.15, 0.2) is 0 Å². The van der Waals surface area contributed by atoms with Gasteiger partial charge in [0.05, 0.1) is 27.7 Å². The maximum Gasteiger partial charge on any atom is 0.234 e. The molecule has 0 spiro atoms. The van der Waals surface area contributed by atoms with Crippen LogP contribution in [0.5, 0.6) is 0 Å². The number of amides is 1. The molecule has 72 valence electrons. The Kier molecular flexibility index (Phi) is 5.25. The van der Waals surface area contributed by atoms with E-state index in [1.807, 2.05) is 0 Å². The van der Waals surface area contributed by atoms with E-state index >= 15 is 0 Å². The average molecular weight is 194 g/mol. The Balaban J connectivity index is 3.28. The van der Waals surface area contributed by atoms with Gasteiger partial charge in [0.2, 0.25) is 5.91 Å². The van der Waals surface area contributed by atoms with E-state index in [-0.39, 0.29) is 11.8 Å². The van der Waals surface area contributed by atoms with Crippen molar-refractivity contribution in [2.24, 2.45) is 0 Å². The standard InChI is InChI=1S/C8H17ClN2O/c1-11(2,3)6-4-5-10-8(12)7-9/h4-7H2,1-3H3/p+1. The molecule has 3 nitrogen and oxygen atoms in total. The molecule has 0 bridgehead atoms. The molecule has 12 heavy (non-hydrogen) atoms. The van der Waals surface area contributed by atoms with Crippen molar-refractivity contribution < 1.29 is 9.28 Å². The number of rotatable bonds is 5. The summed E-state index contributed by atoms with van der Waals surface area (Å²) in [5.74, 6) is -0.0252. The van der Waals surface area contributed by atoms with Crippen molar-refractivity contribution in [1.29, 1.82) is 0 Å². The van der Waals surface area contributed by atoms with Crippen LogP contribution in [-0.4, -0.2) is 50.5 Å². The lowest BCUT2D eigenvalue weighted by Gasteiger charge is -2.23. The van der Waals surface area contributed by atoms with E-state index in [1.54, 1.807) is 0 Å². The minimum absolute atomic E-state index is 0.0599. The van der Waals surface area contributed by atoms with E-state index in [4.69, 9.17) is 11.6 Å². The largest absolute Gasteiger partial charge is 0.355 e. The smallest absolute Gasteiger partial charge is 0.234 e. The number of hydrogen-bond donors (Lipinski definition) is 1. The van der Waals surface area contributed by atoms with Gasteiger partial charge in [0.1, 0.15) is 5.88 Å². The molecule has 0 atom stereocenters. The fourth-order valence-electron chi connectivity index (χ4n) is 0.828. The van der Waals surface area contributed by atoms with Crippen LogP contribution in [0.1, 0.15) is 6.42 Å². The maximum absolute atomic E-state index is 10.7.